The Morgan fingerprint density at radius 3 is 2.45 bits per heavy atom. The van der Waals surface area contributed by atoms with E-state index in [1.165, 1.54) is 19.3 Å². The first kappa shape index (κ1) is 14.3. The number of fused-ring (bicyclic) bond motifs is 1. The third-order valence-corrected chi connectivity index (χ3v) is 5.83. The van der Waals surface area contributed by atoms with E-state index < -0.39 is 0 Å². The van der Waals surface area contributed by atoms with Gasteiger partial charge in [-0.15, -0.1) is 0 Å². The maximum Gasteiger partial charge on any atom is 0.237 e. The minimum Gasteiger partial charge on any atom is -0.336 e. The van der Waals surface area contributed by atoms with Gasteiger partial charge in [-0.2, -0.15) is 0 Å². The topological polar surface area (TPSA) is 49.6 Å². The summed E-state index contributed by atoms with van der Waals surface area (Å²) in [5, 5.41) is 0. The van der Waals surface area contributed by atoms with E-state index in [4.69, 9.17) is 5.73 Å². The first-order chi connectivity index (χ1) is 9.56. The van der Waals surface area contributed by atoms with Crippen molar-refractivity contribution in [2.75, 3.05) is 19.6 Å². The SMILES string of the molecule is CC1CCCC(C)N1C(=O)CN1CC2CCC(N)C2C1. The Balaban J connectivity index is 1.57. The molecule has 114 valence electrons. The second-order valence-corrected chi connectivity index (χ2v) is 7.29. The lowest BCUT2D eigenvalue weighted by atomic mass is 9.97. The average molecular weight is 279 g/mol. The molecule has 1 amide bonds. The Labute approximate surface area is 122 Å². The largest absolute Gasteiger partial charge is 0.336 e. The van der Waals surface area contributed by atoms with Gasteiger partial charge in [-0.3, -0.25) is 9.69 Å². The van der Waals surface area contributed by atoms with Crippen LogP contribution in [-0.2, 0) is 4.79 Å². The van der Waals surface area contributed by atoms with Crippen molar-refractivity contribution in [3.63, 3.8) is 0 Å². The predicted molar refractivity (Wildman–Crippen MR) is 80.3 cm³/mol. The van der Waals surface area contributed by atoms with Gasteiger partial charge in [0.1, 0.15) is 0 Å². The van der Waals surface area contributed by atoms with Crippen molar-refractivity contribution in [3.05, 3.63) is 0 Å². The molecule has 1 aliphatic carbocycles. The number of hydrogen-bond donors (Lipinski definition) is 1. The minimum atomic E-state index is 0.332. The first-order valence-corrected chi connectivity index (χ1v) is 8.35. The Morgan fingerprint density at radius 1 is 1.10 bits per heavy atom. The standard InChI is InChI=1S/C16H29N3O/c1-11-4-3-5-12(2)19(11)16(20)10-18-8-13-6-7-15(17)14(13)9-18/h11-15H,3-10,17H2,1-2H3. The number of rotatable bonds is 2. The van der Waals surface area contributed by atoms with Crippen LogP contribution in [0.15, 0.2) is 0 Å². The number of nitrogens with two attached hydrogens (primary N) is 1. The van der Waals surface area contributed by atoms with Gasteiger partial charge >= 0.3 is 0 Å². The van der Waals surface area contributed by atoms with Crippen molar-refractivity contribution in [3.8, 4) is 0 Å². The molecule has 0 aromatic heterocycles. The molecule has 3 fully saturated rings. The predicted octanol–water partition coefficient (Wildman–Crippen LogP) is 1.45. The Morgan fingerprint density at radius 2 is 1.80 bits per heavy atom. The molecule has 4 nitrogen and oxygen atoms in total. The molecule has 20 heavy (non-hydrogen) atoms. The lowest BCUT2D eigenvalue weighted by Gasteiger charge is -2.40. The van der Waals surface area contributed by atoms with E-state index >= 15 is 0 Å². The van der Waals surface area contributed by atoms with E-state index in [-0.39, 0.29) is 0 Å². The molecule has 2 saturated heterocycles. The molecule has 0 bridgehead atoms. The summed E-state index contributed by atoms with van der Waals surface area (Å²) in [7, 11) is 0. The zero-order valence-corrected chi connectivity index (χ0v) is 12.9. The number of carbonyl (C=O) groups excluding carboxylic acids is 1. The second kappa shape index (κ2) is 5.64. The number of carbonyl (C=O) groups is 1. The van der Waals surface area contributed by atoms with E-state index in [2.05, 4.69) is 23.6 Å². The number of amides is 1. The van der Waals surface area contributed by atoms with Crippen molar-refractivity contribution in [2.24, 2.45) is 17.6 Å². The fourth-order valence-electron chi connectivity index (χ4n) is 4.71. The molecule has 5 atom stereocenters. The van der Waals surface area contributed by atoms with Crippen LogP contribution in [-0.4, -0.2) is 53.5 Å². The quantitative estimate of drug-likeness (QED) is 0.832. The van der Waals surface area contributed by atoms with E-state index in [0.29, 0.717) is 36.5 Å². The van der Waals surface area contributed by atoms with E-state index in [0.717, 1.165) is 31.8 Å². The lowest BCUT2D eigenvalue weighted by Crippen LogP contribution is -2.51. The molecule has 2 heterocycles. The Hall–Kier alpha value is -0.610. The summed E-state index contributed by atoms with van der Waals surface area (Å²) in [6.07, 6.45) is 6.01. The molecule has 2 N–H and O–H groups in total. The zero-order chi connectivity index (χ0) is 14.3. The molecule has 0 radical (unpaired) electrons. The Bertz CT molecular complexity index is 363. The molecule has 3 aliphatic rings. The smallest absolute Gasteiger partial charge is 0.237 e. The van der Waals surface area contributed by atoms with Crippen molar-refractivity contribution >= 4 is 5.91 Å². The molecule has 0 spiro atoms. The summed E-state index contributed by atoms with van der Waals surface area (Å²) in [4.78, 5) is 17.1. The highest BCUT2D eigenvalue weighted by atomic mass is 16.2. The van der Waals surface area contributed by atoms with Crippen LogP contribution in [0.25, 0.3) is 0 Å². The molecular weight excluding hydrogens is 250 g/mol. The van der Waals surface area contributed by atoms with E-state index in [1.807, 2.05) is 0 Å². The van der Waals surface area contributed by atoms with Gasteiger partial charge < -0.3 is 10.6 Å². The van der Waals surface area contributed by atoms with Crippen molar-refractivity contribution < 1.29 is 4.79 Å². The van der Waals surface area contributed by atoms with Crippen LogP contribution >= 0.6 is 0 Å². The van der Waals surface area contributed by atoms with Gasteiger partial charge in [-0.05, 0) is 57.8 Å². The summed E-state index contributed by atoms with van der Waals surface area (Å²) in [5.41, 5.74) is 6.18. The van der Waals surface area contributed by atoms with Crippen molar-refractivity contribution in [1.82, 2.24) is 9.80 Å². The highest BCUT2D eigenvalue weighted by Gasteiger charge is 2.42. The highest BCUT2D eigenvalue weighted by molar-refractivity contribution is 5.79. The number of nitrogens with zero attached hydrogens (tertiary/aromatic N) is 2. The zero-order valence-electron chi connectivity index (χ0n) is 12.9. The summed E-state index contributed by atoms with van der Waals surface area (Å²) in [6.45, 7) is 7.12. The fourth-order valence-corrected chi connectivity index (χ4v) is 4.71. The molecule has 4 heteroatoms. The van der Waals surface area contributed by atoms with Crippen LogP contribution in [0.3, 0.4) is 0 Å². The van der Waals surface area contributed by atoms with Crippen LogP contribution in [0.2, 0.25) is 0 Å². The van der Waals surface area contributed by atoms with E-state index in [1.54, 1.807) is 0 Å². The summed E-state index contributed by atoms with van der Waals surface area (Å²) >= 11 is 0. The van der Waals surface area contributed by atoms with Gasteiger partial charge in [0.2, 0.25) is 5.91 Å². The highest BCUT2D eigenvalue weighted by Crippen LogP contribution is 2.37. The third kappa shape index (κ3) is 2.60. The van der Waals surface area contributed by atoms with Crippen molar-refractivity contribution in [1.29, 1.82) is 0 Å². The van der Waals surface area contributed by atoms with Crippen LogP contribution in [0.1, 0.15) is 46.0 Å². The van der Waals surface area contributed by atoms with Crippen LogP contribution in [0.4, 0.5) is 0 Å². The summed E-state index contributed by atoms with van der Waals surface area (Å²) in [5.74, 6) is 1.71. The van der Waals surface area contributed by atoms with Crippen LogP contribution < -0.4 is 5.73 Å². The summed E-state index contributed by atoms with van der Waals surface area (Å²) in [6, 6.07) is 1.19. The molecule has 0 aromatic carbocycles. The number of likely N-dealkylation sites (tertiary alicyclic amines) is 2. The molecular formula is C16H29N3O. The molecule has 1 saturated carbocycles. The maximum atomic E-state index is 12.6. The minimum absolute atomic E-state index is 0.332. The lowest BCUT2D eigenvalue weighted by molar-refractivity contribution is -0.138. The second-order valence-electron chi connectivity index (χ2n) is 7.29. The van der Waals surface area contributed by atoms with Gasteiger partial charge in [-0.25, -0.2) is 0 Å². The number of hydrogen-bond acceptors (Lipinski definition) is 3. The van der Waals surface area contributed by atoms with Crippen molar-refractivity contribution in [2.45, 2.75) is 64.1 Å². The maximum absolute atomic E-state index is 12.6. The van der Waals surface area contributed by atoms with Gasteiger partial charge in [-0.1, -0.05) is 0 Å². The fraction of sp³-hybridized carbons (Fsp3) is 0.938. The van der Waals surface area contributed by atoms with E-state index in [9.17, 15) is 4.79 Å². The van der Waals surface area contributed by atoms with Crippen LogP contribution in [0.5, 0.6) is 0 Å². The molecule has 5 unspecified atom stereocenters. The molecule has 0 aromatic rings. The van der Waals surface area contributed by atoms with Crippen LogP contribution in [0, 0.1) is 11.8 Å². The number of piperidine rings is 1. The third-order valence-electron chi connectivity index (χ3n) is 5.83. The van der Waals surface area contributed by atoms with Gasteiger partial charge in [0, 0.05) is 31.2 Å². The average Bonchev–Trinajstić information content (AvgIpc) is 2.92. The summed E-state index contributed by atoms with van der Waals surface area (Å²) < 4.78 is 0. The Kier molecular flexibility index (Phi) is 4.04. The normalized spacial score (nSPS) is 42.0. The monoisotopic (exact) mass is 279 g/mol. The molecule has 3 rings (SSSR count). The van der Waals surface area contributed by atoms with Gasteiger partial charge in [0.15, 0.2) is 0 Å². The van der Waals surface area contributed by atoms with Gasteiger partial charge in [0.05, 0.1) is 6.54 Å². The van der Waals surface area contributed by atoms with Gasteiger partial charge in [0.25, 0.3) is 0 Å². The first-order valence-electron chi connectivity index (χ1n) is 8.35. The molecule has 2 aliphatic heterocycles.